The lowest BCUT2D eigenvalue weighted by Crippen LogP contribution is -2.49. The van der Waals surface area contributed by atoms with Gasteiger partial charge in [0.05, 0.1) is 5.41 Å². The first-order chi connectivity index (χ1) is 14.1. The van der Waals surface area contributed by atoms with E-state index in [0.717, 1.165) is 48.6 Å². The maximum absolute atomic E-state index is 13.0. The molecule has 0 bridgehead atoms. The fourth-order valence-electron chi connectivity index (χ4n) is 4.71. The molecule has 0 atom stereocenters. The summed E-state index contributed by atoms with van der Waals surface area (Å²) in [6.07, 6.45) is 11.7. The summed E-state index contributed by atoms with van der Waals surface area (Å²) in [6, 6.07) is 8.29. The Hall–Kier alpha value is -1.53. The zero-order chi connectivity index (χ0) is 20.3. The Morgan fingerprint density at radius 1 is 1.21 bits per heavy atom. The molecule has 29 heavy (non-hydrogen) atoms. The van der Waals surface area contributed by atoms with Crippen LogP contribution < -0.4 is 5.32 Å². The number of aryl methyl sites for hydroxylation is 1. The lowest BCUT2D eigenvalue weighted by atomic mass is 9.64. The van der Waals surface area contributed by atoms with Gasteiger partial charge >= 0.3 is 0 Å². The summed E-state index contributed by atoms with van der Waals surface area (Å²) in [5, 5.41) is 13.7. The SMILES string of the molecule is CSc1nnc(CCCNC(=O)C2(c3ccc(Cl)cc3)CCC2)n1C1CCCC1. The van der Waals surface area contributed by atoms with Crippen LogP contribution in [0.3, 0.4) is 0 Å². The van der Waals surface area contributed by atoms with E-state index in [4.69, 9.17) is 11.6 Å². The third-order valence-corrected chi connectivity index (χ3v) is 7.40. The third kappa shape index (κ3) is 4.19. The predicted octanol–water partition coefficient (Wildman–Crippen LogP) is 4.94. The van der Waals surface area contributed by atoms with Crippen molar-refractivity contribution < 1.29 is 4.79 Å². The fraction of sp³-hybridized carbons (Fsp3) is 0.591. The molecule has 2 aromatic rings. The molecule has 2 fully saturated rings. The number of benzene rings is 1. The minimum atomic E-state index is -0.375. The number of nitrogens with one attached hydrogen (secondary N) is 1. The Morgan fingerprint density at radius 3 is 2.55 bits per heavy atom. The van der Waals surface area contributed by atoms with Crippen LogP contribution in [0.2, 0.25) is 5.02 Å². The lowest BCUT2D eigenvalue weighted by Gasteiger charge is -2.40. The van der Waals surface area contributed by atoms with E-state index in [1.165, 1.54) is 25.7 Å². The highest BCUT2D eigenvalue weighted by Gasteiger charge is 2.45. The second-order valence-electron chi connectivity index (χ2n) is 8.21. The first-order valence-electron chi connectivity index (χ1n) is 10.7. The molecule has 2 saturated carbocycles. The molecular weight excluding hydrogens is 404 g/mol. The maximum Gasteiger partial charge on any atom is 0.230 e. The third-order valence-electron chi connectivity index (χ3n) is 6.51. The van der Waals surface area contributed by atoms with Gasteiger partial charge in [-0.1, -0.05) is 54.8 Å². The van der Waals surface area contributed by atoms with Crippen LogP contribution in [0.25, 0.3) is 0 Å². The van der Waals surface area contributed by atoms with Gasteiger partial charge in [0, 0.05) is 24.0 Å². The van der Waals surface area contributed by atoms with Crippen molar-refractivity contribution >= 4 is 29.3 Å². The Bertz CT molecular complexity index is 841. The molecule has 1 aromatic heterocycles. The van der Waals surface area contributed by atoms with E-state index in [-0.39, 0.29) is 11.3 Å². The van der Waals surface area contributed by atoms with Crippen molar-refractivity contribution in [1.82, 2.24) is 20.1 Å². The van der Waals surface area contributed by atoms with Crippen LogP contribution in [-0.4, -0.2) is 33.5 Å². The van der Waals surface area contributed by atoms with E-state index in [9.17, 15) is 4.79 Å². The number of thioether (sulfide) groups is 1. The van der Waals surface area contributed by atoms with E-state index in [0.29, 0.717) is 17.6 Å². The molecule has 1 aromatic carbocycles. The van der Waals surface area contributed by atoms with Crippen molar-refractivity contribution in [1.29, 1.82) is 0 Å². The van der Waals surface area contributed by atoms with Gasteiger partial charge in [-0.2, -0.15) is 0 Å². The summed E-state index contributed by atoms with van der Waals surface area (Å²) >= 11 is 7.69. The van der Waals surface area contributed by atoms with Crippen molar-refractivity contribution in [2.75, 3.05) is 12.8 Å². The van der Waals surface area contributed by atoms with E-state index >= 15 is 0 Å². The highest BCUT2D eigenvalue weighted by Crippen LogP contribution is 2.44. The molecule has 0 saturated heterocycles. The summed E-state index contributed by atoms with van der Waals surface area (Å²) in [4.78, 5) is 13.0. The summed E-state index contributed by atoms with van der Waals surface area (Å²) < 4.78 is 2.35. The largest absolute Gasteiger partial charge is 0.355 e. The number of rotatable bonds is 8. The number of nitrogens with zero attached hydrogens (tertiary/aromatic N) is 3. The zero-order valence-electron chi connectivity index (χ0n) is 17.0. The molecule has 1 N–H and O–H groups in total. The number of carbonyl (C=O) groups excluding carboxylic acids is 1. The van der Waals surface area contributed by atoms with Gasteiger partial charge in [-0.3, -0.25) is 4.79 Å². The average Bonchev–Trinajstić information content (AvgIpc) is 3.35. The van der Waals surface area contributed by atoms with Gasteiger partial charge in [-0.15, -0.1) is 10.2 Å². The van der Waals surface area contributed by atoms with Crippen LogP contribution in [0.1, 0.15) is 68.8 Å². The molecule has 7 heteroatoms. The Morgan fingerprint density at radius 2 is 1.93 bits per heavy atom. The number of hydrogen-bond donors (Lipinski definition) is 1. The zero-order valence-corrected chi connectivity index (χ0v) is 18.6. The first kappa shape index (κ1) is 20.7. The minimum absolute atomic E-state index is 0.146. The van der Waals surface area contributed by atoms with Crippen molar-refractivity contribution in [2.45, 2.75) is 74.4 Å². The second kappa shape index (κ2) is 9.09. The van der Waals surface area contributed by atoms with Gasteiger partial charge in [0.25, 0.3) is 0 Å². The van der Waals surface area contributed by atoms with Gasteiger partial charge in [0.1, 0.15) is 5.82 Å². The number of aromatic nitrogens is 3. The maximum atomic E-state index is 13.0. The molecule has 5 nitrogen and oxygen atoms in total. The predicted molar refractivity (Wildman–Crippen MR) is 118 cm³/mol. The van der Waals surface area contributed by atoms with E-state index in [1.54, 1.807) is 11.8 Å². The molecule has 0 radical (unpaired) electrons. The fourth-order valence-corrected chi connectivity index (χ4v) is 5.41. The summed E-state index contributed by atoms with van der Waals surface area (Å²) in [7, 11) is 0. The molecule has 1 amide bonds. The van der Waals surface area contributed by atoms with Crippen LogP contribution in [0.15, 0.2) is 29.4 Å². The Balaban J connectivity index is 1.34. The normalized spacial score (nSPS) is 18.6. The molecule has 0 aliphatic heterocycles. The smallest absolute Gasteiger partial charge is 0.230 e. The molecule has 0 unspecified atom stereocenters. The van der Waals surface area contributed by atoms with Gasteiger partial charge < -0.3 is 9.88 Å². The van der Waals surface area contributed by atoms with E-state index in [1.807, 2.05) is 24.3 Å². The Kier molecular flexibility index (Phi) is 6.50. The number of halogens is 1. The van der Waals surface area contributed by atoms with Crippen LogP contribution in [0.4, 0.5) is 0 Å². The molecule has 1 heterocycles. The quantitative estimate of drug-likeness (QED) is 0.474. The van der Waals surface area contributed by atoms with Crippen LogP contribution in [0, 0.1) is 0 Å². The molecule has 4 rings (SSSR count). The van der Waals surface area contributed by atoms with Gasteiger partial charge in [0.2, 0.25) is 5.91 Å². The monoisotopic (exact) mass is 432 g/mol. The topological polar surface area (TPSA) is 59.8 Å². The van der Waals surface area contributed by atoms with Gasteiger partial charge in [0.15, 0.2) is 5.16 Å². The first-order valence-corrected chi connectivity index (χ1v) is 12.3. The number of carbonyl (C=O) groups is 1. The highest BCUT2D eigenvalue weighted by atomic mass is 35.5. The average molecular weight is 433 g/mol. The molecule has 156 valence electrons. The minimum Gasteiger partial charge on any atom is -0.355 e. The van der Waals surface area contributed by atoms with Crippen molar-refractivity contribution in [3.05, 3.63) is 40.7 Å². The molecule has 2 aliphatic rings. The Labute approximate surface area is 182 Å². The standard InChI is InChI=1S/C22H29ClN4OS/c1-29-21-26-25-19(27(21)18-6-2-3-7-18)8-4-15-24-20(28)22(13-5-14-22)16-9-11-17(23)12-10-16/h9-12,18H,2-8,13-15H2,1H3,(H,24,28). The van der Waals surface area contributed by atoms with Crippen LogP contribution in [0.5, 0.6) is 0 Å². The number of amides is 1. The molecular formula is C22H29ClN4OS. The lowest BCUT2D eigenvalue weighted by molar-refractivity contribution is -0.129. The summed E-state index contributed by atoms with van der Waals surface area (Å²) in [6.45, 7) is 0.667. The second-order valence-corrected chi connectivity index (χ2v) is 9.42. The highest BCUT2D eigenvalue weighted by molar-refractivity contribution is 7.98. The van der Waals surface area contributed by atoms with E-state index in [2.05, 4.69) is 26.3 Å². The summed E-state index contributed by atoms with van der Waals surface area (Å²) in [5.74, 6) is 1.21. The molecule has 2 aliphatic carbocycles. The van der Waals surface area contributed by atoms with E-state index < -0.39 is 0 Å². The number of hydrogen-bond acceptors (Lipinski definition) is 4. The van der Waals surface area contributed by atoms with Crippen molar-refractivity contribution in [3.63, 3.8) is 0 Å². The van der Waals surface area contributed by atoms with Crippen LogP contribution in [-0.2, 0) is 16.6 Å². The van der Waals surface area contributed by atoms with Gasteiger partial charge in [-0.05, 0) is 56.1 Å². The van der Waals surface area contributed by atoms with Gasteiger partial charge in [-0.25, -0.2) is 0 Å². The van der Waals surface area contributed by atoms with Crippen molar-refractivity contribution in [3.8, 4) is 0 Å². The summed E-state index contributed by atoms with van der Waals surface area (Å²) in [5.41, 5.74) is 0.705. The molecule has 0 spiro atoms. The van der Waals surface area contributed by atoms with Crippen molar-refractivity contribution in [2.24, 2.45) is 0 Å². The van der Waals surface area contributed by atoms with Crippen LogP contribution >= 0.6 is 23.4 Å².